The van der Waals surface area contributed by atoms with E-state index in [9.17, 15) is 0 Å². The van der Waals surface area contributed by atoms with Crippen LogP contribution in [0.2, 0.25) is 0 Å². The van der Waals surface area contributed by atoms with Gasteiger partial charge in [-0.2, -0.15) is 5.10 Å². The van der Waals surface area contributed by atoms with Crippen LogP contribution in [0.3, 0.4) is 0 Å². The molecule has 0 bridgehead atoms. The van der Waals surface area contributed by atoms with E-state index in [0.29, 0.717) is 6.04 Å². The van der Waals surface area contributed by atoms with Crippen molar-refractivity contribution in [2.45, 2.75) is 43.6 Å². The van der Waals surface area contributed by atoms with Gasteiger partial charge in [0.25, 0.3) is 0 Å². The van der Waals surface area contributed by atoms with Crippen LogP contribution in [-0.2, 0) is 10.2 Å². The van der Waals surface area contributed by atoms with Crippen molar-refractivity contribution in [3.63, 3.8) is 0 Å². The molecule has 0 spiro atoms. The molecule has 0 aromatic carbocycles. The maximum atomic E-state index is 6.24. The molecule has 2 fully saturated rings. The van der Waals surface area contributed by atoms with Crippen LogP contribution < -0.4 is 0 Å². The third-order valence-electron chi connectivity index (χ3n) is 3.31. The number of aromatic nitrogens is 2. The van der Waals surface area contributed by atoms with Gasteiger partial charge in [-0.15, -0.1) is 0 Å². The highest BCUT2D eigenvalue weighted by Gasteiger charge is 2.32. The molecule has 1 saturated heterocycles. The Hall–Kier alpha value is -0.765. The Morgan fingerprint density at radius 1 is 1.47 bits per heavy atom. The highest BCUT2D eigenvalue weighted by atomic mass is 16.5. The molecule has 0 N–H and O–H groups in total. The smallest absolute Gasteiger partial charge is 0.120 e. The van der Waals surface area contributed by atoms with Crippen molar-refractivity contribution in [3.8, 4) is 0 Å². The van der Waals surface area contributed by atoms with Gasteiger partial charge in [0.2, 0.25) is 0 Å². The van der Waals surface area contributed by atoms with E-state index < -0.39 is 5.50 Å². The third-order valence-corrected chi connectivity index (χ3v) is 3.31. The largest absolute Gasteiger partial charge is 0.380 e. The Balaban J connectivity index is 1.83. The van der Waals surface area contributed by atoms with Crippen molar-refractivity contribution < 1.29 is 4.74 Å². The lowest BCUT2D eigenvalue weighted by Crippen LogP contribution is -2.33. The van der Waals surface area contributed by atoms with Gasteiger partial charge in [0.15, 0.2) is 0 Å². The summed E-state index contributed by atoms with van der Waals surface area (Å²) in [5.74, 6) is 0. The average Bonchev–Trinajstić information content (AvgIpc) is 2.97. The standard InChI is InChI=1S/C11H15BN2O/c12-11(5-1-2-6-15-11)9-7-13-14(8-9)10-3-4-10/h7-8,10H,1-6H2. The van der Waals surface area contributed by atoms with Crippen molar-refractivity contribution in [3.05, 3.63) is 18.0 Å². The minimum atomic E-state index is -0.578. The van der Waals surface area contributed by atoms with Crippen LogP contribution in [-0.4, -0.2) is 24.2 Å². The minimum Gasteiger partial charge on any atom is -0.380 e. The Labute approximate surface area is 91.2 Å². The molecule has 4 heteroatoms. The second-order valence-corrected chi connectivity index (χ2v) is 4.64. The van der Waals surface area contributed by atoms with Crippen molar-refractivity contribution >= 4 is 7.85 Å². The van der Waals surface area contributed by atoms with Gasteiger partial charge in [0.05, 0.1) is 17.7 Å². The fourth-order valence-corrected chi connectivity index (χ4v) is 2.14. The summed E-state index contributed by atoms with van der Waals surface area (Å²) in [7, 11) is 6.24. The van der Waals surface area contributed by atoms with Gasteiger partial charge in [-0.1, -0.05) is 0 Å². The molecule has 78 valence electrons. The van der Waals surface area contributed by atoms with Crippen molar-refractivity contribution in [2.24, 2.45) is 0 Å². The van der Waals surface area contributed by atoms with Gasteiger partial charge < -0.3 is 4.74 Å². The molecule has 1 unspecified atom stereocenters. The zero-order valence-electron chi connectivity index (χ0n) is 8.85. The molecule has 2 aliphatic rings. The van der Waals surface area contributed by atoms with Crippen molar-refractivity contribution in [1.29, 1.82) is 0 Å². The predicted octanol–water partition coefficient (Wildman–Crippen LogP) is 1.74. The normalized spacial score (nSPS) is 31.7. The Kier molecular flexibility index (Phi) is 2.13. The quantitative estimate of drug-likeness (QED) is 0.683. The molecular weight excluding hydrogens is 187 g/mol. The highest BCUT2D eigenvalue weighted by molar-refractivity contribution is 6.14. The summed E-state index contributed by atoms with van der Waals surface area (Å²) in [5, 5.41) is 4.36. The summed E-state index contributed by atoms with van der Waals surface area (Å²) >= 11 is 0. The van der Waals surface area contributed by atoms with Gasteiger partial charge in [-0.3, -0.25) is 4.68 Å². The fourth-order valence-electron chi connectivity index (χ4n) is 2.14. The minimum absolute atomic E-state index is 0.578. The SMILES string of the molecule is [B]C1(c2cnn(C3CC3)c2)CCCCO1. The Bertz CT molecular complexity index is 353. The number of rotatable bonds is 2. The molecule has 1 aliphatic carbocycles. The number of ether oxygens (including phenoxy) is 1. The summed E-state index contributed by atoms with van der Waals surface area (Å²) < 4.78 is 7.72. The molecule has 0 amide bonds. The molecule has 2 heterocycles. The van der Waals surface area contributed by atoms with Gasteiger partial charge in [-0.05, 0) is 32.1 Å². The van der Waals surface area contributed by atoms with Crippen LogP contribution in [0.15, 0.2) is 12.4 Å². The van der Waals surface area contributed by atoms with Gasteiger partial charge in [0, 0.05) is 18.4 Å². The molecule has 1 aromatic heterocycles. The number of hydrogen-bond donors (Lipinski definition) is 0. The second-order valence-electron chi connectivity index (χ2n) is 4.64. The van der Waals surface area contributed by atoms with Crippen LogP contribution in [0.4, 0.5) is 0 Å². The monoisotopic (exact) mass is 202 g/mol. The van der Waals surface area contributed by atoms with E-state index in [2.05, 4.69) is 11.3 Å². The van der Waals surface area contributed by atoms with Crippen LogP contribution in [0, 0.1) is 0 Å². The first-order chi connectivity index (χ1) is 7.28. The molecule has 3 rings (SSSR count). The topological polar surface area (TPSA) is 27.1 Å². The first kappa shape index (κ1) is 9.46. The lowest BCUT2D eigenvalue weighted by Gasteiger charge is -2.33. The maximum Gasteiger partial charge on any atom is 0.120 e. The van der Waals surface area contributed by atoms with Gasteiger partial charge in [0.1, 0.15) is 7.85 Å². The second kappa shape index (κ2) is 3.37. The predicted molar refractivity (Wildman–Crippen MR) is 57.7 cm³/mol. The van der Waals surface area contributed by atoms with E-state index in [0.717, 1.165) is 31.4 Å². The first-order valence-electron chi connectivity index (χ1n) is 5.75. The van der Waals surface area contributed by atoms with Crippen LogP contribution in [0.5, 0.6) is 0 Å². The lowest BCUT2D eigenvalue weighted by molar-refractivity contribution is -0.0210. The molecule has 1 aliphatic heterocycles. The molecule has 2 radical (unpaired) electrons. The Morgan fingerprint density at radius 3 is 3.00 bits per heavy atom. The van der Waals surface area contributed by atoms with E-state index >= 15 is 0 Å². The first-order valence-corrected chi connectivity index (χ1v) is 5.75. The molecule has 1 aromatic rings. The lowest BCUT2D eigenvalue weighted by atomic mass is 9.72. The number of nitrogens with zero attached hydrogens (tertiary/aromatic N) is 2. The van der Waals surface area contributed by atoms with E-state index in [1.165, 1.54) is 12.8 Å². The Morgan fingerprint density at radius 2 is 2.33 bits per heavy atom. The summed E-state index contributed by atoms with van der Waals surface area (Å²) in [4.78, 5) is 0. The maximum absolute atomic E-state index is 6.24. The van der Waals surface area contributed by atoms with Crippen LogP contribution in [0.25, 0.3) is 0 Å². The molecule has 1 saturated carbocycles. The van der Waals surface area contributed by atoms with E-state index in [1.54, 1.807) is 0 Å². The zero-order valence-corrected chi connectivity index (χ0v) is 8.85. The van der Waals surface area contributed by atoms with Gasteiger partial charge >= 0.3 is 0 Å². The third kappa shape index (κ3) is 1.71. The zero-order chi connectivity index (χ0) is 10.3. The molecular formula is C11H15BN2O. The average molecular weight is 202 g/mol. The summed E-state index contributed by atoms with van der Waals surface area (Å²) in [6.45, 7) is 0.769. The molecule has 1 atom stereocenters. The van der Waals surface area contributed by atoms with Crippen molar-refractivity contribution in [1.82, 2.24) is 9.78 Å². The molecule has 3 nitrogen and oxygen atoms in total. The summed E-state index contributed by atoms with van der Waals surface area (Å²) in [5.41, 5.74) is 0.458. The summed E-state index contributed by atoms with van der Waals surface area (Å²) in [6.07, 6.45) is 9.59. The number of hydrogen-bond acceptors (Lipinski definition) is 2. The van der Waals surface area contributed by atoms with Gasteiger partial charge in [-0.25, -0.2) is 0 Å². The van der Waals surface area contributed by atoms with Crippen LogP contribution in [0.1, 0.15) is 43.7 Å². The summed E-state index contributed by atoms with van der Waals surface area (Å²) in [6, 6.07) is 0.617. The van der Waals surface area contributed by atoms with Crippen LogP contribution >= 0.6 is 0 Å². The highest BCUT2D eigenvalue weighted by Crippen LogP contribution is 2.37. The van der Waals surface area contributed by atoms with E-state index in [1.807, 2.05) is 10.9 Å². The van der Waals surface area contributed by atoms with Crippen molar-refractivity contribution in [2.75, 3.05) is 6.61 Å². The fraction of sp³-hybridized carbons (Fsp3) is 0.727. The van der Waals surface area contributed by atoms with E-state index in [-0.39, 0.29) is 0 Å². The molecule has 15 heavy (non-hydrogen) atoms. The van der Waals surface area contributed by atoms with E-state index in [4.69, 9.17) is 12.6 Å².